The fourth-order valence-corrected chi connectivity index (χ4v) is 2.44. The number of hydrogen-bond acceptors (Lipinski definition) is 4. The average Bonchev–Trinajstić information content (AvgIpc) is 2.66. The van der Waals surface area contributed by atoms with Gasteiger partial charge in [0.15, 0.2) is 0 Å². The monoisotopic (exact) mass is 226 g/mol. The van der Waals surface area contributed by atoms with Crippen LogP contribution in [0.2, 0.25) is 0 Å². The van der Waals surface area contributed by atoms with Crippen molar-refractivity contribution in [3.63, 3.8) is 0 Å². The van der Waals surface area contributed by atoms with Crippen LogP contribution in [0.4, 0.5) is 0 Å². The molecular weight excluding hydrogens is 208 g/mol. The van der Waals surface area contributed by atoms with Crippen LogP contribution >= 0.6 is 11.3 Å². The summed E-state index contributed by atoms with van der Waals surface area (Å²) in [4.78, 5) is 4.37. The molecular formula is C11H18N2OS. The molecule has 4 heteroatoms. The number of aromatic nitrogens is 1. The molecule has 1 atom stereocenters. The third-order valence-electron chi connectivity index (χ3n) is 2.65. The molecule has 1 aliphatic heterocycles. The molecule has 0 aromatic carbocycles. The van der Waals surface area contributed by atoms with Crippen molar-refractivity contribution >= 4 is 11.3 Å². The summed E-state index contributed by atoms with van der Waals surface area (Å²) in [5.41, 5.74) is 1.06. The maximum absolute atomic E-state index is 5.65. The first kappa shape index (κ1) is 11.0. The second-order valence-electron chi connectivity index (χ2n) is 4.02. The summed E-state index contributed by atoms with van der Waals surface area (Å²) in [6.45, 7) is 4.64. The number of rotatable bonds is 4. The van der Waals surface area contributed by atoms with E-state index in [1.807, 2.05) is 6.92 Å². The molecule has 0 spiro atoms. The van der Waals surface area contributed by atoms with E-state index in [9.17, 15) is 0 Å². The smallest absolute Gasteiger partial charge is 0.0898 e. The van der Waals surface area contributed by atoms with E-state index in [-0.39, 0.29) is 0 Å². The molecule has 0 aliphatic carbocycles. The molecule has 1 aromatic rings. The van der Waals surface area contributed by atoms with Gasteiger partial charge in [0.05, 0.1) is 23.9 Å². The number of nitrogens with zero attached hydrogens (tertiary/aromatic N) is 1. The minimum absolute atomic E-state index is 0.554. The average molecular weight is 226 g/mol. The summed E-state index contributed by atoms with van der Waals surface area (Å²) in [7, 11) is 0. The second-order valence-corrected chi connectivity index (χ2v) is 5.08. The molecule has 0 saturated carbocycles. The number of nitrogens with one attached hydrogen (secondary N) is 1. The van der Waals surface area contributed by atoms with E-state index in [4.69, 9.17) is 4.74 Å². The lowest BCUT2D eigenvalue weighted by Gasteiger charge is -2.22. The quantitative estimate of drug-likeness (QED) is 0.854. The summed E-state index contributed by atoms with van der Waals surface area (Å²) >= 11 is 1.68. The van der Waals surface area contributed by atoms with Crippen molar-refractivity contribution in [2.75, 3.05) is 13.2 Å². The number of aryl methyl sites for hydroxylation is 1. The molecule has 84 valence electrons. The molecule has 1 fully saturated rings. The summed E-state index contributed by atoms with van der Waals surface area (Å²) in [5, 5.41) is 6.66. The van der Waals surface area contributed by atoms with E-state index in [0.29, 0.717) is 12.6 Å². The zero-order valence-electron chi connectivity index (χ0n) is 9.16. The van der Waals surface area contributed by atoms with Crippen LogP contribution in [0.5, 0.6) is 0 Å². The molecule has 3 nitrogen and oxygen atoms in total. The van der Waals surface area contributed by atoms with Crippen LogP contribution in [0.1, 0.15) is 30.0 Å². The summed E-state index contributed by atoms with van der Waals surface area (Å²) < 4.78 is 5.65. The summed E-state index contributed by atoms with van der Waals surface area (Å²) in [6, 6.07) is 0.554. The van der Waals surface area contributed by atoms with Crippen LogP contribution in [0, 0.1) is 6.92 Å². The van der Waals surface area contributed by atoms with Gasteiger partial charge in [0, 0.05) is 11.4 Å². The first-order chi connectivity index (χ1) is 7.34. The van der Waals surface area contributed by atoms with Crippen molar-refractivity contribution < 1.29 is 4.74 Å². The molecule has 1 saturated heterocycles. The fraction of sp³-hybridized carbons (Fsp3) is 0.727. The van der Waals surface area contributed by atoms with Gasteiger partial charge in [-0.15, -0.1) is 11.3 Å². The normalized spacial score (nSPS) is 21.8. The molecule has 1 aromatic heterocycles. The van der Waals surface area contributed by atoms with Gasteiger partial charge in [0.25, 0.3) is 0 Å². The van der Waals surface area contributed by atoms with Gasteiger partial charge in [-0.05, 0) is 26.3 Å². The van der Waals surface area contributed by atoms with Gasteiger partial charge in [-0.25, -0.2) is 4.98 Å². The molecule has 2 rings (SSSR count). The van der Waals surface area contributed by atoms with Crippen LogP contribution < -0.4 is 5.32 Å². The van der Waals surface area contributed by atoms with Crippen molar-refractivity contribution in [2.45, 2.75) is 38.8 Å². The zero-order chi connectivity index (χ0) is 10.5. The first-order valence-corrected chi connectivity index (χ1v) is 6.44. The van der Waals surface area contributed by atoms with Gasteiger partial charge in [0.1, 0.15) is 0 Å². The number of thiazole rings is 1. The highest BCUT2D eigenvalue weighted by atomic mass is 32.1. The third-order valence-corrected chi connectivity index (χ3v) is 3.47. The number of hydrogen-bond donors (Lipinski definition) is 1. The van der Waals surface area contributed by atoms with Crippen molar-refractivity contribution in [2.24, 2.45) is 0 Å². The maximum Gasteiger partial charge on any atom is 0.0898 e. The van der Waals surface area contributed by atoms with Gasteiger partial charge in [-0.2, -0.15) is 0 Å². The molecule has 1 aliphatic rings. The zero-order valence-corrected chi connectivity index (χ0v) is 9.98. The van der Waals surface area contributed by atoms with Crippen LogP contribution in [0.15, 0.2) is 5.38 Å². The van der Waals surface area contributed by atoms with Crippen molar-refractivity contribution in [3.8, 4) is 0 Å². The Morgan fingerprint density at radius 3 is 3.20 bits per heavy atom. The highest BCUT2D eigenvalue weighted by Gasteiger charge is 2.12. The first-order valence-electron chi connectivity index (χ1n) is 5.57. The van der Waals surface area contributed by atoms with Gasteiger partial charge >= 0.3 is 0 Å². The summed E-state index contributed by atoms with van der Waals surface area (Å²) in [5.74, 6) is 0. The van der Waals surface area contributed by atoms with E-state index in [1.165, 1.54) is 19.3 Å². The van der Waals surface area contributed by atoms with E-state index in [1.54, 1.807) is 11.3 Å². The molecule has 1 N–H and O–H groups in total. The number of piperidine rings is 1. The summed E-state index contributed by atoms with van der Waals surface area (Å²) in [6.07, 6.45) is 3.88. The highest BCUT2D eigenvalue weighted by molar-refractivity contribution is 7.09. The van der Waals surface area contributed by atoms with Crippen molar-refractivity contribution in [1.29, 1.82) is 0 Å². The van der Waals surface area contributed by atoms with Gasteiger partial charge in [0.2, 0.25) is 0 Å². The van der Waals surface area contributed by atoms with Crippen LogP contribution in [-0.4, -0.2) is 24.2 Å². The predicted octanol–water partition coefficient (Wildman–Crippen LogP) is 2.11. The minimum Gasteiger partial charge on any atom is -0.374 e. The molecule has 1 unspecified atom stereocenters. The third kappa shape index (κ3) is 3.55. The van der Waals surface area contributed by atoms with Gasteiger partial charge in [-0.1, -0.05) is 6.42 Å². The SMILES string of the molecule is Cc1nc(COCC2CCCCN2)cs1. The van der Waals surface area contributed by atoms with E-state index in [0.717, 1.165) is 23.9 Å². The van der Waals surface area contributed by atoms with E-state index >= 15 is 0 Å². The largest absolute Gasteiger partial charge is 0.374 e. The lowest BCUT2D eigenvalue weighted by atomic mass is 10.1. The Balaban J connectivity index is 1.65. The Hall–Kier alpha value is -0.450. The number of ether oxygens (including phenoxy) is 1. The Morgan fingerprint density at radius 2 is 2.53 bits per heavy atom. The molecule has 2 heterocycles. The Bertz CT molecular complexity index is 295. The topological polar surface area (TPSA) is 34.1 Å². The lowest BCUT2D eigenvalue weighted by molar-refractivity contribution is 0.0893. The lowest BCUT2D eigenvalue weighted by Crippen LogP contribution is -2.37. The van der Waals surface area contributed by atoms with E-state index in [2.05, 4.69) is 15.7 Å². The standard InChI is InChI=1S/C11H18N2OS/c1-9-13-11(8-15-9)7-14-6-10-4-2-3-5-12-10/h8,10,12H,2-7H2,1H3. The van der Waals surface area contributed by atoms with Crippen molar-refractivity contribution in [3.05, 3.63) is 16.1 Å². The molecule has 0 radical (unpaired) electrons. The molecule has 15 heavy (non-hydrogen) atoms. The van der Waals surface area contributed by atoms with E-state index < -0.39 is 0 Å². The Kier molecular flexibility index (Phi) is 4.11. The van der Waals surface area contributed by atoms with Crippen molar-refractivity contribution in [1.82, 2.24) is 10.3 Å². The van der Waals surface area contributed by atoms with Crippen LogP contribution in [0.25, 0.3) is 0 Å². The Labute approximate surface area is 94.9 Å². The highest BCUT2D eigenvalue weighted by Crippen LogP contribution is 2.11. The predicted molar refractivity (Wildman–Crippen MR) is 62.1 cm³/mol. The molecule has 0 bridgehead atoms. The van der Waals surface area contributed by atoms with Gasteiger partial charge in [-0.3, -0.25) is 0 Å². The van der Waals surface area contributed by atoms with Crippen LogP contribution in [0.3, 0.4) is 0 Å². The second kappa shape index (κ2) is 5.58. The fourth-order valence-electron chi connectivity index (χ4n) is 1.85. The maximum atomic E-state index is 5.65. The Morgan fingerprint density at radius 1 is 1.60 bits per heavy atom. The minimum atomic E-state index is 0.554. The molecule has 0 amide bonds. The van der Waals surface area contributed by atoms with Gasteiger partial charge < -0.3 is 10.1 Å². The van der Waals surface area contributed by atoms with Crippen LogP contribution in [-0.2, 0) is 11.3 Å².